The summed E-state index contributed by atoms with van der Waals surface area (Å²) in [5, 5.41) is 0. The summed E-state index contributed by atoms with van der Waals surface area (Å²) in [6.45, 7) is 1.07. The molecule has 0 saturated carbocycles. The van der Waals surface area contributed by atoms with Gasteiger partial charge in [-0.3, -0.25) is 0 Å². The molecule has 4 heteroatoms. The normalized spacial score (nSPS) is 10.1. The maximum absolute atomic E-state index is 12.7. The van der Waals surface area contributed by atoms with Crippen molar-refractivity contribution >= 4 is 0 Å². The highest BCUT2D eigenvalue weighted by molar-refractivity contribution is 5.32. The topological polar surface area (TPSA) is 27.7 Å². The average Bonchev–Trinajstić information content (AvgIpc) is 2.49. The summed E-state index contributed by atoms with van der Waals surface area (Å²) in [5.41, 5.74) is 0. The van der Waals surface area contributed by atoms with E-state index >= 15 is 0 Å². The number of ether oxygens (including phenoxy) is 3. The lowest BCUT2D eigenvalue weighted by Crippen LogP contribution is -2.05. The molecule has 0 aromatic heterocycles. The summed E-state index contributed by atoms with van der Waals surface area (Å²) >= 11 is 0. The van der Waals surface area contributed by atoms with Crippen molar-refractivity contribution in [3.05, 3.63) is 54.3 Å². The Bertz CT molecular complexity index is 526. The molecule has 0 atom stereocenters. The lowest BCUT2D eigenvalue weighted by molar-refractivity contribution is 0.246. The minimum atomic E-state index is -0.265. The van der Waals surface area contributed by atoms with Crippen molar-refractivity contribution in [3.8, 4) is 17.2 Å². The van der Waals surface area contributed by atoms with Crippen LogP contribution < -0.4 is 14.2 Å². The van der Waals surface area contributed by atoms with Gasteiger partial charge in [-0.05, 0) is 36.4 Å². The maximum Gasteiger partial charge on any atom is 0.123 e. The van der Waals surface area contributed by atoms with Gasteiger partial charge in [0.05, 0.1) is 20.3 Å². The molecule has 0 aliphatic rings. The second-order valence-electron chi connectivity index (χ2n) is 4.18. The Hall–Kier alpha value is -2.23. The van der Waals surface area contributed by atoms with Crippen LogP contribution in [0.4, 0.5) is 4.39 Å². The van der Waals surface area contributed by atoms with Crippen LogP contribution in [0.5, 0.6) is 17.2 Å². The number of halogens is 1. The Morgan fingerprint density at radius 1 is 0.850 bits per heavy atom. The Kier molecular flexibility index (Phi) is 5.24. The van der Waals surface area contributed by atoms with E-state index in [4.69, 9.17) is 14.2 Å². The van der Waals surface area contributed by atoms with Crippen LogP contribution in [0.15, 0.2) is 48.5 Å². The summed E-state index contributed by atoms with van der Waals surface area (Å²) in [7, 11) is 1.62. The first-order valence-corrected chi connectivity index (χ1v) is 6.43. The molecule has 3 nitrogen and oxygen atoms in total. The molecule has 2 aromatic rings. The van der Waals surface area contributed by atoms with Gasteiger partial charge in [0.1, 0.15) is 23.1 Å². The first kappa shape index (κ1) is 14.2. The molecule has 0 aliphatic carbocycles. The Labute approximate surface area is 117 Å². The number of methoxy groups -OCH3 is 1. The molecule has 0 saturated heterocycles. The maximum atomic E-state index is 12.7. The van der Waals surface area contributed by atoms with Gasteiger partial charge in [0.2, 0.25) is 0 Å². The first-order valence-electron chi connectivity index (χ1n) is 6.43. The fourth-order valence-corrected chi connectivity index (χ4v) is 1.66. The lowest BCUT2D eigenvalue weighted by Gasteiger charge is -2.09. The molecule has 0 bridgehead atoms. The van der Waals surface area contributed by atoms with Gasteiger partial charge >= 0.3 is 0 Å². The van der Waals surface area contributed by atoms with Crippen LogP contribution in [0.2, 0.25) is 0 Å². The van der Waals surface area contributed by atoms with Crippen LogP contribution in [0.25, 0.3) is 0 Å². The fraction of sp³-hybridized carbons (Fsp3) is 0.250. The van der Waals surface area contributed by atoms with E-state index in [-0.39, 0.29) is 5.82 Å². The lowest BCUT2D eigenvalue weighted by atomic mass is 10.3. The third-order valence-electron chi connectivity index (χ3n) is 2.68. The molecule has 0 heterocycles. The summed E-state index contributed by atoms with van der Waals surface area (Å²) in [4.78, 5) is 0. The Morgan fingerprint density at radius 3 is 2.20 bits per heavy atom. The molecule has 20 heavy (non-hydrogen) atoms. The smallest absolute Gasteiger partial charge is 0.123 e. The zero-order valence-electron chi connectivity index (χ0n) is 11.3. The molecule has 0 N–H and O–H groups in total. The number of benzene rings is 2. The standard InChI is InChI=1S/C16H17FO3/c1-18-15-4-2-5-16(12-15)20-11-3-10-19-14-8-6-13(17)7-9-14/h2,4-9,12H,3,10-11H2,1H3. The highest BCUT2D eigenvalue weighted by atomic mass is 19.1. The largest absolute Gasteiger partial charge is 0.497 e. The van der Waals surface area contributed by atoms with Crippen molar-refractivity contribution in [2.75, 3.05) is 20.3 Å². The van der Waals surface area contributed by atoms with E-state index in [0.29, 0.717) is 19.0 Å². The Morgan fingerprint density at radius 2 is 1.50 bits per heavy atom. The van der Waals surface area contributed by atoms with Gasteiger partial charge in [-0.15, -0.1) is 0 Å². The average molecular weight is 276 g/mol. The summed E-state index contributed by atoms with van der Waals surface area (Å²) in [6.07, 6.45) is 0.745. The summed E-state index contributed by atoms with van der Waals surface area (Å²) < 4.78 is 28.9. The van der Waals surface area contributed by atoms with Crippen molar-refractivity contribution in [3.63, 3.8) is 0 Å². The number of rotatable bonds is 7. The zero-order chi connectivity index (χ0) is 14.2. The molecular formula is C16H17FO3. The predicted octanol–water partition coefficient (Wildman–Crippen LogP) is 3.68. The van der Waals surface area contributed by atoms with E-state index in [9.17, 15) is 4.39 Å². The van der Waals surface area contributed by atoms with Crippen LogP contribution in [-0.2, 0) is 0 Å². The Balaban J connectivity index is 1.67. The highest BCUT2D eigenvalue weighted by Gasteiger charge is 1.98. The second-order valence-corrected chi connectivity index (χ2v) is 4.18. The van der Waals surface area contributed by atoms with Gasteiger partial charge in [0.15, 0.2) is 0 Å². The van der Waals surface area contributed by atoms with Gasteiger partial charge in [-0.25, -0.2) is 4.39 Å². The molecule has 0 amide bonds. The number of hydrogen-bond donors (Lipinski definition) is 0. The van der Waals surface area contributed by atoms with Gasteiger partial charge in [-0.1, -0.05) is 6.07 Å². The summed E-state index contributed by atoms with van der Waals surface area (Å²) in [5.74, 6) is 1.93. The third kappa shape index (κ3) is 4.46. The van der Waals surface area contributed by atoms with E-state index in [1.807, 2.05) is 24.3 Å². The van der Waals surface area contributed by atoms with E-state index in [2.05, 4.69) is 0 Å². The first-order chi connectivity index (χ1) is 9.78. The van der Waals surface area contributed by atoms with Crippen molar-refractivity contribution in [1.82, 2.24) is 0 Å². The van der Waals surface area contributed by atoms with E-state index in [0.717, 1.165) is 17.9 Å². The molecule has 0 radical (unpaired) electrons. The molecule has 0 unspecified atom stereocenters. The second kappa shape index (κ2) is 7.38. The van der Waals surface area contributed by atoms with Crippen molar-refractivity contribution < 1.29 is 18.6 Å². The van der Waals surface area contributed by atoms with Crippen LogP contribution >= 0.6 is 0 Å². The van der Waals surface area contributed by atoms with Crippen LogP contribution in [0.1, 0.15) is 6.42 Å². The molecule has 0 spiro atoms. The third-order valence-corrected chi connectivity index (χ3v) is 2.68. The van der Waals surface area contributed by atoms with Crippen LogP contribution in [-0.4, -0.2) is 20.3 Å². The molecule has 0 fully saturated rings. The van der Waals surface area contributed by atoms with Crippen molar-refractivity contribution in [2.24, 2.45) is 0 Å². The number of hydrogen-bond acceptors (Lipinski definition) is 3. The van der Waals surface area contributed by atoms with Gasteiger partial charge in [0, 0.05) is 12.5 Å². The van der Waals surface area contributed by atoms with Crippen LogP contribution in [0, 0.1) is 5.82 Å². The minimum absolute atomic E-state index is 0.265. The van der Waals surface area contributed by atoms with Gasteiger partial charge in [0.25, 0.3) is 0 Å². The molecule has 0 aliphatic heterocycles. The zero-order valence-corrected chi connectivity index (χ0v) is 11.3. The van der Waals surface area contributed by atoms with Crippen molar-refractivity contribution in [2.45, 2.75) is 6.42 Å². The summed E-state index contributed by atoms with van der Waals surface area (Å²) in [6, 6.07) is 13.4. The quantitative estimate of drug-likeness (QED) is 0.722. The van der Waals surface area contributed by atoms with Crippen LogP contribution in [0.3, 0.4) is 0 Å². The molecule has 2 rings (SSSR count). The molecular weight excluding hydrogens is 259 g/mol. The highest BCUT2D eigenvalue weighted by Crippen LogP contribution is 2.19. The predicted molar refractivity (Wildman–Crippen MR) is 75.0 cm³/mol. The fourth-order valence-electron chi connectivity index (χ4n) is 1.66. The molecule has 2 aromatic carbocycles. The minimum Gasteiger partial charge on any atom is -0.497 e. The van der Waals surface area contributed by atoms with Gasteiger partial charge in [-0.2, -0.15) is 0 Å². The van der Waals surface area contributed by atoms with Crippen molar-refractivity contribution in [1.29, 1.82) is 0 Å². The van der Waals surface area contributed by atoms with Gasteiger partial charge < -0.3 is 14.2 Å². The monoisotopic (exact) mass is 276 g/mol. The van der Waals surface area contributed by atoms with E-state index in [1.54, 1.807) is 19.2 Å². The van der Waals surface area contributed by atoms with E-state index < -0.39 is 0 Å². The SMILES string of the molecule is COc1cccc(OCCCOc2ccc(F)cc2)c1. The van der Waals surface area contributed by atoms with E-state index in [1.165, 1.54) is 12.1 Å². The molecule has 106 valence electrons.